The Labute approximate surface area is 117 Å². The number of nitrogens with zero attached hydrogens (tertiary/aromatic N) is 3. The Hall–Kier alpha value is -2.10. The van der Waals surface area contributed by atoms with Crippen LogP contribution < -0.4 is 5.73 Å². The van der Waals surface area contributed by atoms with Crippen LogP contribution >= 0.6 is 0 Å². The SMILES string of the molecule is COCCN(CCC#N)Cc1nc2ccc(N)cc2o1. The molecule has 0 aliphatic heterocycles. The monoisotopic (exact) mass is 274 g/mol. The number of fused-ring (bicyclic) bond motifs is 1. The van der Waals surface area contributed by atoms with Crippen LogP contribution in [0.2, 0.25) is 0 Å². The zero-order valence-electron chi connectivity index (χ0n) is 11.5. The van der Waals surface area contributed by atoms with E-state index in [9.17, 15) is 0 Å². The van der Waals surface area contributed by atoms with E-state index in [2.05, 4.69) is 16.0 Å². The van der Waals surface area contributed by atoms with E-state index in [1.54, 1.807) is 19.2 Å². The van der Waals surface area contributed by atoms with Gasteiger partial charge in [-0.1, -0.05) is 0 Å². The summed E-state index contributed by atoms with van der Waals surface area (Å²) in [4.78, 5) is 6.51. The molecule has 0 bridgehead atoms. The fourth-order valence-corrected chi connectivity index (χ4v) is 1.95. The van der Waals surface area contributed by atoms with Gasteiger partial charge in [-0.25, -0.2) is 4.98 Å². The first-order valence-corrected chi connectivity index (χ1v) is 6.46. The highest BCUT2D eigenvalue weighted by atomic mass is 16.5. The maximum Gasteiger partial charge on any atom is 0.209 e. The molecule has 0 radical (unpaired) electrons. The Morgan fingerprint density at radius 3 is 3.05 bits per heavy atom. The van der Waals surface area contributed by atoms with Crippen LogP contribution in [-0.4, -0.2) is 36.7 Å². The first-order chi connectivity index (χ1) is 9.72. The van der Waals surface area contributed by atoms with Crippen LogP contribution in [-0.2, 0) is 11.3 Å². The molecule has 0 amide bonds. The maximum absolute atomic E-state index is 8.69. The summed E-state index contributed by atoms with van der Waals surface area (Å²) >= 11 is 0. The third-order valence-corrected chi connectivity index (χ3v) is 2.97. The Balaban J connectivity index is 2.08. The summed E-state index contributed by atoms with van der Waals surface area (Å²) < 4.78 is 10.8. The highest BCUT2D eigenvalue weighted by Crippen LogP contribution is 2.19. The Bertz CT molecular complexity index is 603. The van der Waals surface area contributed by atoms with Gasteiger partial charge in [0, 0.05) is 38.4 Å². The second kappa shape index (κ2) is 6.89. The van der Waals surface area contributed by atoms with Crippen molar-refractivity contribution >= 4 is 16.8 Å². The van der Waals surface area contributed by atoms with Gasteiger partial charge in [0.05, 0.1) is 19.2 Å². The van der Waals surface area contributed by atoms with Gasteiger partial charge in [0.15, 0.2) is 5.58 Å². The molecule has 106 valence electrons. The van der Waals surface area contributed by atoms with E-state index in [1.165, 1.54) is 0 Å². The third kappa shape index (κ3) is 3.70. The smallest absolute Gasteiger partial charge is 0.209 e. The molecule has 0 saturated heterocycles. The summed E-state index contributed by atoms with van der Waals surface area (Å²) in [5.74, 6) is 0.625. The third-order valence-electron chi connectivity index (χ3n) is 2.97. The van der Waals surface area contributed by atoms with Crippen LogP contribution in [0.5, 0.6) is 0 Å². The van der Waals surface area contributed by atoms with Crippen molar-refractivity contribution in [3.63, 3.8) is 0 Å². The number of aromatic nitrogens is 1. The molecule has 2 rings (SSSR count). The van der Waals surface area contributed by atoms with Crippen molar-refractivity contribution in [1.82, 2.24) is 9.88 Å². The largest absolute Gasteiger partial charge is 0.439 e. The predicted octanol–water partition coefficient (Wildman–Crippen LogP) is 1.77. The molecule has 0 aliphatic rings. The van der Waals surface area contributed by atoms with E-state index in [1.807, 2.05) is 6.07 Å². The standard InChI is InChI=1S/C14H18N4O2/c1-19-8-7-18(6-2-5-15)10-14-17-12-4-3-11(16)9-13(12)20-14/h3-4,9H,2,6-8,10,16H2,1H3. The molecule has 1 aromatic heterocycles. The number of hydrogen-bond donors (Lipinski definition) is 1. The normalized spacial score (nSPS) is 11.1. The van der Waals surface area contributed by atoms with Gasteiger partial charge in [-0.05, 0) is 12.1 Å². The van der Waals surface area contributed by atoms with Crippen molar-refractivity contribution in [3.05, 3.63) is 24.1 Å². The molecule has 20 heavy (non-hydrogen) atoms. The first kappa shape index (κ1) is 14.3. The first-order valence-electron chi connectivity index (χ1n) is 6.46. The lowest BCUT2D eigenvalue weighted by molar-refractivity contribution is 0.140. The van der Waals surface area contributed by atoms with Gasteiger partial charge in [0.25, 0.3) is 0 Å². The summed E-state index contributed by atoms with van der Waals surface area (Å²) in [6, 6.07) is 7.55. The minimum Gasteiger partial charge on any atom is -0.439 e. The van der Waals surface area contributed by atoms with Crippen molar-refractivity contribution in [2.24, 2.45) is 0 Å². The summed E-state index contributed by atoms with van der Waals surface area (Å²) in [6.45, 7) is 2.57. The van der Waals surface area contributed by atoms with Gasteiger partial charge in [-0.15, -0.1) is 0 Å². The predicted molar refractivity (Wildman–Crippen MR) is 75.8 cm³/mol. The highest BCUT2D eigenvalue weighted by Gasteiger charge is 2.11. The van der Waals surface area contributed by atoms with Crippen LogP contribution in [0.1, 0.15) is 12.3 Å². The molecule has 0 aliphatic carbocycles. The van der Waals surface area contributed by atoms with Gasteiger partial charge in [-0.2, -0.15) is 5.26 Å². The Morgan fingerprint density at radius 2 is 2.30 bits per heavy atom. The second-order valence-corrected chi connectivity index (χ2v) is 4.51. The number of benzene rings is 1. The van der Waals surface area contributed by atoms with Gasteiger partial charge >= 0.3 is 0 Å². The number of nitriles is 1. The molecule has 0 fully saturated rings. The topological polar surface area (TPSA) is 88.3 Å². The van der Waals surface area contributed by atoms with Gasteiger partial charge in [0.1, 0.15) is 5.52 Å². The van der Waals surface area contributed by atoms with E-state index in [0.29, 0.717) is 43.3 Å². The molecular formula is C14H18N4O2. The number of ether oxygens (including phenoxy) is 1. The molecule has 1 aromatic carbocycles. The number of nitrogen functional groups attached to an aromatic ring is 1. The average Bonchev–Trinajstić information content (AvgIpc) is 2.83. The highest BCUT2D eigenvalue weighted by molar-refractivity contribution is 5.76. The lowest BCUT2D eigenvalue weighted by Crippen LogP contribution is -2.28. The second-order valence-electron chi connectivity index (χ2n) is 4.51. The summed E-state index contributed by atoms with van der Waals surface area (Å²) in [6.07, 6.45) is 0.469. The van der Waals surface area contributed by atoms with E-state index < -0.39 is 0 Å². The van der Waals surface area contributed by atoms with Crippen molar-refractivity contribution in [3.8, 4) is 6.07 Å². The number of oxazole rings is 1. The molecule has 0 saturated carbocycles. The fraction of sp³-hybridized carbons (Fsp3) is 0.429. The molecule has 2 aromatic rings. The van der Waals surface area contributed by atoms with Gasteiger partial charge < -0.3 is 14.9 Å². The number of rotatable bonds is 7. The summed E-state index contributed by atoms with van der Waals surface area (Å²) in [5.41, 5.74) is 7.85. The minimum absolute atomic E-state index is 0.469. The molecule has 0 atom stereocenters. The number of anilines is 1. The van der Waals surface area contributed by atoms with Crippen molar-refractivity contribution in [2.45, 2.75) is 13.0 Å². The van der Waals surface area contributed by atoms with Crippen LogP contribution in [0, 0.1) is 11.3 Å². The van der Waals surface area contributed by atoms with Crippen LogP contribution in [0.25, 0.3) is 11.1 Å². The Morgan fingerprint density at radius 1 is 1.45 bits per heavy atom. The molecule has 1 heterocycles. The number of methoxy groups -OCH3 is 1. The number of hydrogen-bond acceptors (Lipinski definition) is 6. The van der Waals surface area contributed by atoms with Crippen molar-refractivity contribution in [2.75, 3.05) is 32.5 Å². The molecule has 2 N–H and O–H groups in total. The zero-order chi connectivity index (χ0) is 14.4. The minimum atomic E-state index is 0.469. The van der Waals surface area contributed by atoms with E-state index in [-0.39, 0.29) is 0 Å². The maximum atomic E-state index is 8.69. The fourth-order valence-electron chi connectivity index (χ4n) is 1.95. The lowest BCUT2D eigenvalue weighted by Gasteiger charge is -2.18. The molecule has 6 heteroatoms. The van der Waals surface area contributed by atoms with Gasteiger partial charge in [0.2, 0.25) is 5.89 Å². The van der Waals surface area contributed by atoms with Crippen LogP contribution in [0.15, 0.2) is 22.6 Å². The lowest BCUT2D eigenvalue weighted by atomic mass is 10.3. The Kier molecular flexibility index (Phi) is 4.93. The molecule has 0 spiro atoms. The zero-order valence-corrected chi connectivity index (χ0v) is 11.5. The summed E-state index contributed by atoms with van der Waals surface area (Å²) in [7, 11) is 1.66. The molecule has 0 unspecified atom stereocenters. The average molecular weight is 274 g/mol. The molecule has 6 nitrogen and oxygen atoms in total. The number of nitrogens with two attached hydrogens (primary N) is 1. The van der Waals surface area contributed by atoms with E-state index >= 15 is 0 Å². The van der Waals surface area contributed by atoms with Crippen molar-refractivity contribution < 1.29 is 9.15 Å². The van der Waals surface area contributed by atoms with Gasteiger partial charge in [-0.3, -0.25) is 4.90 Å². The van der Waals surface area contributed by atoms with E-state index in [0.717, 1.165) is 12.1 Å². The quantitative estimate of drug-likeness (QED) is 0.774. The molecular weight excluding hydrogens is 256 g/mol. The van der Waals surface area contributed by atoms with Crippen molar-refractivity contribution in [1.29, 1.82) is 5.26 Å². The summed E-state index contributed by atoms with van der Waals surface area (Å²) in [5, 5.41) is 8.69. The van der Waals surface area contributed by atoms with Crippen LogP contribution in [0.4, 0.5) is 5.69 Å². The van der Waals surface area contributed by atoms with Crippen LogP contribution in [0.3, 0.4) is 0 Å². The van der Waals surface area contributed by atoms with E-state index in [4.69, 9.17) is 20.1 Å².